The Kier molecular flexibility index (Phi) is 4.67. The van der Waals surface area contributed by atoms with E-state index in [2.05, 4.69) is 32.9 Å². The monoisotopic (exact) mass is 442 g/mol. The van der Waals surface area contributed by atoms with Gasteiger partial charge in [-0.2, -0.15) is 0 Å². The first-order chi connectivity index (χ1) is 13.7. The van der Waals surface area contributed by atoms with E-state index >= 15 is 0 Å². The van der Waals surface area contributed by atoms with Gasteiger partial charge in [-0.05, 0) is 29.8 Å². The molecule has 5 nitrogen and oxygen atoms in total. The smallest absolute Gasteiger partial charge is 0.258 e. The Balaban J connectivity index is 1.46. The van der Waals surface area contributed by atoms with Crippen LogP contribution in [0.3, 0.4) is 0 Å². The van der Waals surface area contributed by atoms with E-state index in [4.69, 9.17) is 4.98 Å². The van der Waals surface area contributed by atoms with E-state index in [1.165, 1.54) is 11.3 Å². The van der Waals surface area contributed by atoms with Crippen molar-refractivity contribution in [3.05, 3.63) is 68.2 Å². The maximum atomic E-state index is 12.4. The normalized spacial score (nSPS) is 11.5. The molecule has 5 aromatic rings. The number of thiazole rings is 1. The van der Waals surface area contributed by atoms with Crippen molar-refractivity contribution in [3.63, 3.8) is 0 Å². The van der Waals surface area contributed by atoms with Gasteiger partial charge in [0.2, 0.25) is 0 Å². The average molecular weight is 443 g/mol. The number of aromatic amines is 1. The molecule has 140 valence electrons. The third kappa shape index (κ3) is 3.24. The van der Waals surface area contributed by atoms with Gasteiger partial charge in [-0.15, -0.1) is 34.0 Å². The van der Waals surface area contributed by atoms with Crippen LogP contribution in [0.25, 0.3) is 26.1 Å². The van der Waals surface area contributed by atoms with E-state index < -0.39 is 0 Å². The van der Waals surface area contributed by atoms with E-state index in [1.807, 2.05) is 24.4 Å². The maximum Gasteiger partial charge on any atom is 0.258 e. The zero-order chi connectivity index (χ0) is 19.1. The zero-order valence-corrected chi connectivity index (χ0v) is 18.0. The lowest BCUT2D eigenvalue weighted by molar-refractivity contribution is 0.994. The van der Waals surface area contributed by atoms with Crippen molar-refractivity contribution in [2.75, 3.05) is 0 Å². The summed E-state index contributed by atoms with van der Waals surface area (Å²) < 4.78 is 1.65. The van der Waals surface area contributed by atoms with Crippen molar-refractivity contribution in [1.29, 1.82) is 0 Å². The number of nitrogens with one attached hydrogen (secondary N) is 1. The number of aromatic nitrogens is 4. The first-order valence-electron chi connectivity index (χ1n) is 8.46. The molecule has 0 amide bonds. The highest BCUT2D eigenvalue weighted by Crippen LogP contribution is 2.37. The number of hydrogen-bond acceptors (Lipinski definition) is 7. The third-order valence-electron chi connectivity index (χ3n) is 4.19. The highest BCUT2D eigenvalue weighted by molar-refractivity contribution is 7.98. The van der Waals surface area contributed by atoms with Crippen LogP contribution in [0.2, 0.25) is 0 Å². The number of thiophene rings is 2. The van der Waals surface area contributed by atoms with Crippen molar-refractivity contribution in [3.8, 4) is 21.1 Å². The molecule has 0 saturated heterocycles. The van der Waals surface area contributed by atoms with Crippen molar-refractivity contribution in [2.24, 2.45) is 0 Å². The SMILES string of the molecule is Cc1csc2nc(CSc3nc(-c4cccs4)c(-c4cccs4)[nH]3)cc(=O)n12. The van der Waals surface area contributed by atoms with Gasteiger partial charge in [0, 0.05) is 22.9 Å². The Morgan fingerprint density at radius 1 is 1.11 bits per heavy atom. The second-order valence-electron chi connectivity index (χ2n) is 6.09. The standard InChI is InChI=1S/C19H14N4OS4/c1-11-9-28-19-20-12(8-15(24)23(11)19)10-27-18-21-16(13-4-2-6-25-13)17(22-18)14-5-3-7-26-14/h2-9H,10H2,1H3,(H,21,22). The van der Waals surface area contributed by atoms with Crippen LogP contribution in [0, 0.1) is 6.92 Å². The predicted molar refractivity (Wildman–Crippen MR) is 119 cm³/mol. The third-order valence-corrected chi connectivity index (χ3v) is 7.80. The summed E-state index contributed by atoms with van der Waals surface area (Å²) in [4.78, 5) is 28.3. The lowest BCUT2D eigenvalue weighted by Crippen LogP contribution is -2.14. The minimum absolute atomic E-state index is 0.0302. The van der Waals surface area contributed by atoms with Gasteiger partial charge < -0.3 is 4.98 Å². The molecule has 5 rings (SSSR count). The number of rotatable bonds is 5. The fourth-order valence-electron chi connectivity index (χ4n) is 2.93. The van der Waals surface area contributed by atoms with E-state index in [9.17, 15) is 4.79 Å². The van der Waals surface area contributed by atoms with Gasteiger partial charge in [0.15, 0.2) is 10.1 Å². The first kappa shape index (κ1) is 17.9. The van der Waals surface area contributed by atoms with Gasteiger partial charge in [0.05, 0.1) is 21.1 Å². The molecule has 0 atom stereocenters. The fourth-order valence-corrected chi connectivity index (χ4v) is 6.03. The van der Waals surface area contributed by atoms with Crippen molar-refractivity contribution >= 4 is 50.7 Å². The molecule has 0 radical (unpaired) electrons. The van der Waals surface area contributed by atoms with Gasteiger partial charge in [-0.25, -0.2) is 9.97 Å². The second kappa shape index (κ2) is 7.32. The molecule has 1 N–H and O–H groups in total. The lowest BCUT2D eigenvalue weighted by atomic mass is 10.2. The fraction of sp³-hybridized carbons (Fsp3) is 0.105. The molecule has 28 heavy (non-hydrogen) atoms. The number of fused-ring (bicyclic) bond motifs is 1. The van der Waals surface area contributed by atoms with E-state index in [0.29, 0.717) is 5.75 Å². The topological polar surface area (TPSA) is 63.0 Å². The zero-order valence-electron chi connectivity index (χ0n) is 14.7. The molecule has 0 unspecified atom stereocenters. The molecular weight excluding hydrogens is 429 g/mol. The van der Waals surface area contributed by atoms with Gasteiger partial charge in [0.1, 0.15) is 5.69 Å². The van der Waals surface area contributed by atoms with Crippen LogP contribution >= 0.6 is 45.8 Å². The predicted octanol–water partition coefficient (Wildman–Crippen LogP) is 5.54. The maximum absolute atomic E-state index is 12.4. The van der Waals surface area contributed by atoms with Crippen LogP contribution in [-0.2, 0) is 5.75 Å². The second-order valence-corrected chi connectivity index (χ2v) is 9.79. The molecule has 0 saturated carbocycles. The van der Waals surface area contributed by atoms with Crippen LogP contribution in [0.4, 0.5) is 0 Å². The lowest BCUT2D eigenvalue weighted by Gasteiger charge is -2.00. The molecular formula is C19H14N4OS4. The summed E-state index contributed by atoms with van der Waals surface area (Å²) in [5.74, 6) is 0.587. The van der Waals surface area contributed by atoms with Crippen LogP contribution in [0.1, 0.15) is 11.4 Å². The van der Waals surface area contributed by atoms with Crippen LogP contribution in [0.5, 0.6) is 0 Å². The van der Waals surface area contributed by atoms with E-state index in [0.717, 1.165) is 42.6 Å². The summed E-state index contributed by atoms with van der Waals surface area (Å²) >= 11 is 6.42. The van der Waals surface area contributed by atoms with Crippen molar-refractivity contribution in [1.82, 2.24) is 19.4 Å². The van der Waals surface area contributed by atoms with Crippen molar-refractivity contribution < 1.29 is 0 Å². The van der Waals surface area contributed by atoms with E-state index in [1.54, 1.807) is 44.9 Å². The molecule has 0 bridgehead atoms. The number of hydrogen-bond donors (Lipinski definition) is 1. The highest BCUT2D eigenvalue weighted by Gasteiger charge is 2.16. The Morgan fingerprint density at radius 2 is 1.89 bits per heavy atom. The van der Waals surface area contributed by atoms with Crippen molar-refractivity contribution in [2.45, 2.75) is 17.8 Å². The summed E-state index contributed by atoms with van der Waals surface area (Å²) in [6, 6.07) is 9.88. The summed E-state index contributed by atoms with van der Waals surface area (Å²) in [6.45, 7) is 1.92. The van der Waals surface area contributed by atoms with Crippen LogP contribution < -0.4 is 5.56 Å². The molecule has 0 fully saturated rings. The Labute approximate surface area is 176 Å². The molecule has 0 aliphatic rings. The average Bonchev–Trinajstić information content (AvgIpc) is 3.46. The highest BCUT2D eigenvalue weighted by atomic mass is 32.2. The van der Waals surface area contributed by atoms with Crippen LogP contribution in [-0.4, -0.2) is 19.4 Å². The van der Waals surface area contributed by atoms with Crippen LogP contribution in [0.15, 0.2) is 56.4 Å². The molecule has 0 aliphatic carbocycles. The van der Waals surface area contributed by atoms with Gasteiger partial charge in [-0.3, -0.25) is 9.20 Å². The van der Waals surface area contributed by atoms with E-state index in [-0.39, 0.29) is 5.56 Å². The van der Waals surface area contributed by atoms with Gasteiger partial charge in [0.25, 0.3) is 5.56 Å². The quantitative estimate of drug-likeness (QED) is 0.363. The summed E-state index contributed by atoms with van der Waals surface area (Å²) in [6.07, 6.45) is 0. The molecule has 5 aromatic heterocycles. The summed E-state index contributed by atoms with van der Waals surface area (Å²) in [5, 5.41) is 6.91. The number of H-pyrrole nitrogens is 1. The van der Waals surface area contributed by atoms with Gasteiger partial charge in [-0.1, -0.05) is 23.9 Å². The molecule has 5 heterocycles. The Hall–Kier alpha value is -2.20. The summed E-state index contributed by atoms with van der Waals surface area (Å²) in [7, 11) is 0. The summed E-state index contributed by atoms with van der Waals surface area (Å²) in [5.41, 5.74) is 3.67. The number of nitrogens with zero attached hydrogens (tertiary/aromatic N) is 3. The number of imidazole rings is 1. The van der Waals surface area contributed by atoms with Gasteiger partial charge >= 0.3 is 0 Å². The minimum Gasteiger partial charge on any atom is -0.332 e. The largest absolute Gasteiger partial charge is 0.332 e. The molecule has 0 aliphatic heterocycles. The number of aryl methyl sites for hydroxylation is 1. The first-order valence-corrected chi connectivity index (χ1v) is 12.1. The Bertz CT molecular complexity index is 1240. The molecule has 0 aromatic carbocycles. The number of thioether (sulfide) groups is 1. The Morgan fingerprint density at radius 3 is 2.64 bits per heavy atom. The molecule has 9 heteroatoms. The molecule has 0 spiro atoms. The minimum atomic E-state index is -0.0302.